The van der Waals surface area contributed by atoms with Crippen molar-refractivity contribution in [3.05, 3.63) is 35.4 Å². The molecule has 18 heavy (non-hydrogen) atoms. The highest BCUT2D eigenvalue weighted by Gasteiger charge is 2.28. The van der Waals surface area contributed by atoms with Gasteiger partial charge in [-0.05, 0) is 25.1 Å². The Hall–Kier alpha value is -1.43. The van der Waals surface area contributed by atoms with Crippen LogP contribution in [0, 0.1) is 0 Å². The molecule has 0 bridgehead atoms. The van der Waals surface area contributed by atoms with Crippen LogP contribution in [0.4, 0.5) is 0 Å². The smallest absolute Gasteiger partial charge is 0.338 e. The van der Waals surface area contributed by atoms with Crippen LogP contribution in [0.5, 0.6) is 0 Å². The number of aliphatic hydroxyl groups excluding tert-OH is 2. The van der Waals surface area contributed by atoms with Gasteiger partial charge >= 0.3 is 5.97 Å². The van der Waals surface area contributed by atoms with Gasteiger partial charge in [-0.25, -0.2) is 4.79 Å². The Balaban J connectivity index is 2.88. The second kappa shape index (κ2) is 7.10. The lowest BCUT2D eigenvalue weighted by atomic mass is 9.98. The van der Waals surface area contributed by atoms with Crippen LogP contribution in [0.2, 0.25) is 0 Å². The van der Waals surface area contributed by atoms with Crippen LogP contribution in [0.3, 0.4) is 0 Å². The molecule has 0 heterocycles. The van der Waals surface area contributed by atoms with Crippen LogP contribution in [0.25, 0.3) is 0 Å². The summed E-state index contributed by atoms with van der Waals surface area (Å²) in [5.74, 6) is -0.815. The summed E-state index contributed by atoms with van der Waals surface area (Å²) in [6.45, 7) is 2.36. The molecule has 0 spiro atoms. The number of benzene rings is 1. The molecule has 3 N–H and O–H groups in total. The Kier molecular flexibility index (Phi) is 5.77. The Morgan fingerprint density at radius 3 is 2.67 bits per heavy atom. The van der Waals surface area contributed by atoms with Gasteiger partial charge < -0.3 is 20.3 Å². The van der Waals surface area contributed by atoms with Gasteiger partial charge in [0.25, 0.3) is 0 Å². The van der Waals surface area contributed by atoms with Gasteiger partial charge in [0.15, 0.2) is 6.10 Å². The molecule has 0 fully saturated rings. The molecule has 5 heteroatoms. The monoisotopic (exact) mass is 253 g/mol. The van der Waals surface area contributed by atoms with E-state index in [1.807, 2.05) is 12.1 Å². The predicted molar refractivity (Wildman–Crippen MR) is 66.8 cm³/mol. The average molecular weight is 253 g/mol. The zero-order valence-corrected chi connectivity index (χ0v) is 10.6. The minimum atomic E-state index is -1.57. The van der Waals surface area contributed by atoms with Crippen molar-refractivity contribution < 1.29 is 19.7 Å². The van der Waals surface area contributed by atoms with Crippen LogP contribution in [0.15, 0.2) is 24.3 Å². The molecule has 5 nitrogen and oxygen atoms in total. The van der Waals surface area contributed by atoms with E-state index in [9.17, 15) is 15.0 Å². The summed E-state index contributed by atoms with van der Waals surface area (Å²) in [6.07, 6.45) is -2.85. The van der Waals surface area contributed by atoms with E-state index in [1.54, 1.807) is 26.1 Å². The fourth-order valence-electron chi connectivity index (χ4n) is 1.70. The molecule has 0 aliphatic rings. The fourth-order valence-corrected chi connectivity index (χ4v) is 1.70. The summed E-state index contributed by atoms with van der Waals surface area (Å²) in [5.41, 5.74) is 1.35. The maximum absolute atomic E-state index is 11.4. The summed E-state index contributed by atoms with van der Waals surface area (Å²) in [7, 11) is 1.78. The predicted octanol–water partition coefficient (Wildman–Crippen LogP) is 0.363. The van der Waals surface area contributed by atoms with Gasteiger partial charge in [0.1, 0.15) is 6.10 Å². The zero-order valence-electron chi connectivity index (χ0n) is 10.6. The van der Waals surface area contributed by atoms with Crippen LogP contribution in [0.1, 0.15) is 24.2 Å². The minimum absolute atomic E-state index is 0.167. The van der Waals surface area contributed by atoms with Crippen molar-refractivity contribution in [2.45, 2.75) is 25.7 Å². The first-order chi connectivity index (χ1) is 8.61. The number of hydrogen-bond acceptors (Lipinski definition) is 5. The third-order valence-electron chi connectivity index (χ3n) is 2.57. The zero-order chi connectivity index (χ0) is 13.5. The summed E-state index contributed by atoms with van der Waals surface area (Å²) >= 11 is 0. The Morgan fingerprint density at radius 1 is 1.39 bits per heavy atom. The lowest BCUT2D eigenvalue weighted by Crippen LogP contribution is -2.30. The van der Waals surface area contributed by atoms with E-state index >= 15 is 0 Å². The molecule has 0 saturated heterocycles. The molecule has 1 rings (SSSR count). The normalized spacial score (nSPS) is 14.0. The van der Waals surface area contributed by atoms with E-state index in [1.165, 1.54) is 0 Å². The summed E-state index contributed by atoms with van der Waals surface area (Å²) in [4.78, 5) is 11.4. The molecule has 0 aliphatic heterocycles. The Morgan fingerprint density at radius 2 is 2.06 bits per heavy atom. The SMILES string of the molecule is CCOC(=O)C(O)C(O)c1ccccc1CNC. The standard InChI is InChI=1S/C13H19NO4/c1-3-18-13(17)12(16)11(15)10-7-5-4-6-9(10)8-14-2/h4-7,11-12,14-16H,3,8H2,1-2H3. The quantitative estimate of drug-likeness (QED) is 0.638. The van der Waals surface area contributed by atoms with Crippen molar-refractivity contribution in [3.8, 4) is 0 Å². The second-order valence-electron chi connectivity index (χ2n) is 3.87. The number of carbonyl (C=O) groups is 1. The van der Waals surface area contributed by atoms with Crippen LogP contribution in [-0.2, 0) is 16.1 Å². The lowest BCUT2D eigenvalue weighted by molar-refractivity contribution is -0.159. The van der Waals surface area contributed by atoms with Crippen LogP contribution >= 0.6 is 0 Å². The topological polar surface area (TPSA) is 78.8 Å². The number of carbonyl (C=O) groups excluding carboxylic acids is 1. The second-order valence-corrected chi connectivity index (χ2v) is 3.87. The maximum atomic E-state index is 11.4. The number of esters is 1. The van der Waals surface area contributed by atoms with E-state index in [0.717, 1.165) is 5.56 Å². The molecule has 0 amide bonds. The molecule has 1 aromatic rings. The van der Waals surface area contributed by atoms with Crippen LogP contribution in [-0.4, -0.2) is 35.9 Å². The van der Waals surface area contributed by atoms with E-state index in [2.05, 4.69) is 10.1 Å². The summed E-state index contributed by atoms with van der Waals surface area (Å²) in [5, 5.41) is 22.7. The van der Waals surface area contributed by atoms with Gasteiger partial charge in [0, 0.05) is 6.54 Å². The van der Waals surface area contributed by atoms with Crippen LogP contribution < -0.4 is 5.32 Å². The Labute approximate surface area is 106 Å². The molecular weight excluding hydrogens is 234 g/mol. The van der Waals surface area contributed by atoms with E-state index in [-0.39, 0.29) is 6.61 Å². The first kappa shape index (κ1) is 14.6. The first-order valence-corrected chi connectivity index (χ1v) is 5.87. The average Bonchev–Trinajstić information content (AvgIpc) is 2.38. The molecule has 100 valence electrons. The molecule has 1 aromatic carbocycles. The van der Waals surface area contributed by atoms with Gasteiger partial charge in [-0.15, -0.1) is 0 Å². The lowest BCUT2D eigenvalue weighted by Gasteiger charge is -2.19. The van der Waals surface area contributed by atoms with E-state index in [4.69, 9.17) is 0 Å². The molecule has 0 aliphatic carbocycles. The minimum Gasteiger partial charge on any atom is -0.464 e. The van der Waals surface area contributed by atoms with Crippen molar-refractivity contribution in [3.63, 3.8) is 0 Å². The fraction of sp³-hybridized carbons (Fsp3) is 0.462. The highest BCUT2D eigenvalue weighted by atomic mass is 16.5. The third-order valence-corrected chi connectivity index (χ3v) is 2.57. The maximum Gasteiger partial charge on any atom is 0.338 e. The van der Waals surface area contributed by atoms with Crippen molar-refractivity contribution >= 4 is 5.97 Å². The van der Waals surface area contributed by atoms with Gasteiger partial charge in [-0.1, -0.05) is 24.3 Å². The highest BCUT2D eigenvalue weighted by molar-refractivity contribution is 5.75. The van der Waals surface area contributed by atoms with Gasteiger partial charge in [0.05, 0.1) is 6.61 Å². The Bertz CT molecular complexity index is 394. The van der Waals surface area contributed by atoms with Gasteiger partial charge in [-0.2, -0.15) is 0 Å². The molecular formula is C13H19NO4. The molecule has 0 saturated carbocycles. The molecule has 2 atom stereocenters. The van der Waals surface area contributed by atoms with Crippen molar-refractivity contribution in [2.24, 2.45) is 0 Å². The highest BCUT2D eigenvalue weighted by Crippen LogP contribution is 2.21. The van der Waals surface area contributed by atoms with Gasteiger partial charge in [0.2, 0.25) is 0 Å². The van der Waals surface area contributed by atoms with Crippen molar-refractivity contribution in [1.82, 2.24) is 5.32 Å². The van der Waals surface area contributed by atoms with Gasteiger partial charge in [-0.3, -0.25) is 0 Å². The summed E-state index contributed by atoms with van der Waals surface area (Å²) < 4.78 is 4.68. The molecule has 0 radical (unpaired) electrons. The van der Waals surface area contributed by atoms with E-state index in [0.29, 0.717) is 12.1 Å². The van der Waals surface area contributed by atoms with E-state index < -0.39 is 18.2 Å². The number of ether oxygens (including phenoxy) is 1. The first-order valence-electron chi connectivity index (χ1n) is 5.87. The number of rotatable bonds is 6. The largest absolute Gasteiger partial charge is 0.464 e. The molecule has 0 aromatic heterocycles. The molecule has 2 unspecified atom stereocenters. The number of nitrogens with one attached hydrogen (secondary N) is 1. The summed E-state index contributed by atoms with van der Waals surface area (Å²) in [6, 6.07) is 7.09. The number of aliphatic hydroxyl groups is 2. The van der Waals surface area contributed by atoms with Crippen molar-refractivity contribution in [1.29, 1.82) is 0 Å². The third kappa shape index (κ3) is 3.53. The number of hydrogen-bond donors (Lipinski definition) is 3. The van der Waals surface area contributed by atoms with Crippen molar-refractivity contribution in [2.75, 3.05) is 13.7 Å².